The second-order valence-corrected chi connectivity index (χ2v) is 8.42. The van der Waals surface area contributed by atoms with Crippen LogP contribution < -0.4 is 4.78 Å². The lowest BCUT2D eigenvalue weighted by atomic mass is 9.85. The quantitative estimate of drug-likeness (QED) is 0.692. The minimum atomic E-state index is -5.15. The monoisotopic (exact) mass is 427 g/mol. The van der Waals surface area contributed by atoms with E-state index < -0.39 is 24.9 Å². The molecule has 0 saturated carbocycles. The van der Waals surface area contributed by atoms with Crippen LogP contribution in [-0.2, 0) is 22.4 Å². The number of carbonyl (C=O) groups excluding carboxylic acids is 1. The zero-order valence-electron chi connectivity index (χ0n) is 15.6. The van der Waals surface area contributed by atoms with Crippen LogP contribution >= 0.6 is 11.3 Å². The fourth-order valence-electron chi connectivity index (χ4n) is 3.34. The van der Waals surface area contributed by atoms with Crippen molar-refractivity contribution in [1.29, 1.82) is 0 Å². The molecule has 3 rings (SSSR count). The van der Waals surface area contributed by atoms with Crippen molar-refractivity contribution in [2.75, 3.05) is 13.1 Å². The zero-order chi connectivity index (χ0) is 21.1. The fraction of sp³-hybridized carbons (Fsp3) is 0.421. The summed E-state index contributed by atoms with van der Waals surface area (Å²) in [5, 5.41) is 20.5. The zero-order valence-corrected chi connectivity index (χ0v) is 16.4. The first-order chi connectivity index (χ1) is 13.6. The predicted octanol–water partition coefficient (Wildman–Crippen LogP) is 2.11. The molecule has 0 bridgehead atoms. The predicted molar refractivity (Wildman–Crippen MR) is 104 cm³/mol. The number of likely N-dealkylation sites (tertiary alicyclic amines) is 1. The highest BCUT2D eigenvalue weighted by atomic mass is 32.1. The Morgan fingerprint density at radius 3 is 2.45 bits per heavy atom. The lowest BCUT2D eigenvalue weighted by Crippen LogP contribution is -2.45. The van der Waals surface area contributed by atoms with Crippen molar-refractivity contribution in [2.24, 2.45) is 0 Å². The van der Waals surface area contributed by atoms with Crippen molar-refractivity contribution in [3.63, 3.8) is 0 Å². The summed E-state index contributed by atoms with van der Waals surface area (Å²) in [6.45, 7) is 1.91. The average Bonchev–Trinajstić information content (AvgIpc) is 3.12. The molecule has 0 radical (unpaired) electrons. The number of aliphatic hydroxyl groups is 1. The van der Waals surface area contributed by atoms with Crippen LogP contribution in [0.25, 0.3) is 0 Å². The van der Waals surface area contributed by atoms with Gasteiger partial charge in [-0.25, -0.2) is 4.79 Å². The molecule has 156 valence electrons. The summed E-state index contributed by atoms with van der Waals surface area (Å²) in [7, 11) is -1.94. The van der Waals surface area contributed by atoms with Gasteiger partial charge in [0, 0.05) is 35.7 Å². The molecule has 1 aromatic heterocycles. The van der Waals surface area contributed by atoms with Crippen molar-refractivity contribution in [2.45, 2.75) is 37.6 Å². The van der Waals surface area contributed by atoms with Crippen LogP contribution in [0.5, 0.6) is 0 Å². The molecule has 2 heterocycles. The summed E-state index contributed by atoms with van der Waals surface area (Å²) in [5.74, 6) is -2.42. The number of hydrogen-bond donors (Lipinski definition) is 2. The molecule has 1 aliphatic heterocycles. The van der Waals surface area contributed by atoms with Crippen LogP contribution in [0.2, 0.25) is 0 Å². The van der Waals surface area contributed by atoms with Crippen LogP contribution in [-0.4, -0.2) is 53.0 Å². The Labute approximate surface area is 170 Å². The van der Waals surface area contributed by atoms with Crippen LogP contribution in [0.3, 0.4) is 0 Å². The minimum Gasteiger partial charge on any atom is -0.499 e. The number of alkyl halides is 3. The van der Waals surface area contributed by atoms with E-state index in [1.54, 1.807) is 6.07 Å². The van der Waals surface area contributed by atoms with Crippen LogP contribution in [0.4, 0.5) is 13.2 Å². The lowest BCUT2D eigenvalue weighted by Gasteiger charge is -2.38. The maximum Gasteiger partial charge on any atom is 0.572 e. The molecule has 1 aromatic carbocycles. The summed E-state index contributed by atoms with van der Waals surface area (Å²) in [5.41, 5.74) is 0.342. The van der Waals surface area contributed by atoms with Gasteiger partial charge in [0.25, 0.3) is 0 Å². The number of rotatable bonds is 6. The van der Waals surface area contributed by atoms with Gasteiger partial charge in [-0.3, -0.25) is 4.90 Å². The van der Waals surface area contributed by atoms with Crippen molar-refractivity contribution in [3.8, 4) is 0 Å². The van der Waals surface area contributed by atoms with Crippen LogP contribution in [0.1, 0.15) is 23.3 Å². The van der Waals surface area contributed by atoms with Crippen molar-refractivity contribution in [3.05, 3.63) is 52.9 Å². The standard InChI is InChI=1S/C19H21BF3NO4S/c21-19(22,23)17(25)28-20(27)16-7-6-15(29-16)13-24-10-8-18(26,9-11-24)12-14-4-2-1-3-5-14/h1-7,26-27H,8-13H2. The molecule has 0 amide bonds. The van der Waals surface area contributed by atoms with E-state index in [4.69, 9.17) is 0 Å². The Kier molecular flexibility index (Phi) is 6.67. The average molecular weight is 427 g/mol. The second-order valence-electron chi connectivity index (χ2n) is 7.22. The van der Waals surface area contributed by atoms with E-state index in [-0.39, 0.29) is 4.78 Å². The van der Waals surface area contributed by atoms with E-state index in [9.17, 15) is 28.1 Å². The summed E-state index contributed by atoms with van der Waals surface area (Å²) in [6, 6.07) is 13.0. The smallest absolute Gasteiger partial charge is 0.499 e. The van der Waals surface area contributed by atoms with Gasteiger partial charge in [-0.1, -0.05) is 36.4 Å². The van der Waals surface area contributed by atoms with E-state index in [1.165, 1.54) is 6.07 Å². The Bertz CT molecular complexity index is 822. The van der Waals surface area contributed by atoms with E-state index in [1.807, 2.05) is 30.3 Å². The highest BCUT2D eigenvalue weighted by Gasteiger charge is 2.43. The van der Waals surface area contributed by atoms with Gasteiger partial charge >= 0.3 is 19.3 Å². The Morgan fingerprint density at radius 2 is 1.83 bits per heavy atom. The first kappa shape index (κ1) is 21.8. The first-order valence-corrected chi connectivity index (χ1v) is 9.99. The molecule has 0 atom stereocenters. The summed E-state index contributed by atoms with van der Waals surface area (Å²) in [6.07, 6.45) is -3.31. The highest BCUT2D eigenvalue weighted by molar-refractivity contribution is 7.22. The van der Waals surface area contributed by atoms with Gasteiger partial charge in [-0.15, -0.1) is 11.3 Å². The molecule has 0 unspecified atom stereocenters. The maximum atomic E-state index is 12.2. The Morgan fingerprint density at radius 1 is 1.17 bits per heavy atom. The van der Waals surface area contributed by atoms with Crippen molar-refractivity contribution >= 4 is 29.2 Å². The molecular weight excluding hydrogens is 406 g/mol. The van der Waals surface area contributed by atoms with Gasteiger partial charge in [-0.2, -0.15) is 13.2 Å². The van der Waals surface area contributed by atoms with E-state index in [0.717, 1.165) is 21.8 Å². The molecule has 0 aliphatic carbocycles. The molecule has 1 saturated heterocycles. The lowest BCUT2D eigenvalue weighted by molar-refractivity contribution is -0.190. The molecule has 10 heteroatoms. The molecular formula is C19H21BF3NO4S. The summed E-state index contributed by atoms with van der Waals surface area (Å²) in [4.78, 5) is 13.8. The summed E-state index contributed by atoms with van der Waals surface area (Å²) < 4.78 is 40.9. The molecule has 29 heavy (non-hydrogen) atoms. The third kappa shape index (κ3) is 6.05. The number of hydrogen-bond acceptors (Lipinski definition) is 6. The minimum absolute atomic E-state index is 0.134. The Hall–Kier alpha value is -1.88. The molecule has 2 N–H and O–H groups in total. The van der Waals surface area contributed by atoms with Gasteiger partial charge in [0.15, 0.2) is 0 Å². The summed E-state index contributed by atoms with van der Waals surface area (Å²) >= 11 is 1.09. The number of nitrogens with zero attached hydrogens (tertiary/aromatic N) is 1. The molecule has 2 aromatic rings. The number of halogens is 3. The van der Waals surface area contributed by atoms with Gasteiger partial charge in [0.2, 0.25) is 0 Å². The normalized spacial score (nSPS) is 17.1. The fourth-order valence-corrected chi connectivity index (χ4v) is 4.31. The van der Waals surface area contributed by atoms with Crippen molar-refractivity contribution in [1.82, 2.24) is 4.90 Å². The second kappa shape index (κ2) is 8.87. The van der Waals surface area contributed by atoms with Gasteiger partial charge in [0.05, 0.1) is 5.60 Å². The third-order valence-corrected chi connectivity index (χ3v) is 6.02. The molecule has 1 aliphatic rings. The van der Waals surface area contributed by atoms with E-state index >= 15 is 0 Å². The number of thiophene rings is 1. The highest BCUT2D eigenvalue weighted by Crippen LogP contribution is 2.27. The number of piperidine rings is 1. The maximum absolute atomic E-state index is 12.2. The van der Waals surface area contributed by atoms with Gasteiger partial charge in [-0.05, 0) is 24.5 Å². The van der Waals surface area contributed by atoms with Gasteiger partial charge < -0.3 is 14.8 Å². The van der Waals surface area contributed by atoms with Gasteiger partial charge in [0.1, 0.15) is 0 Å². The van der Waals surface area contributed by atoms with Crippen LogP contribution in [0, 0.1) is 0 Å². The van der Waals surface area contributed by atoms with E-state index in [2.05, 4.69) is 9.55 Å². The third-order valence-electron chi connectivity index (χ3n) is 4.92. The molecule has 0 spiro atoms. The van der Waals surface area contributed by atoms with E-state index in [0.29, 0.717) is 38.9 Å². The van der Waals surface area contributed by atoms with Crippen LogP contribution in [0.15, 0.2) is 42.5 Å². The Balaban J connectivity index is 1.50. The van der Waals surface area contributed by atoms with Crippen molar-refractivity contribution < 1.29 is 32.8 Å². The SMILES string of the molecule is O=C(OB(O)c1ccc(CN2CCC(O)(Cc3ccccc3)CC2)s1)C(F)(F)F. The topological polar surface area (TPSA) is 70.0 Å². The molecule has 5 nitrogen and oxygen atoms in total. The number of carbonyl (C=O) groups is 1. The first-order valence-electron chi connectivity index (χ1n) is 9.18. The molecule has 1 fully saturated rings. The number of benzene rings is 1. The largest absolute Gasteiger partial charge is 0.572 e.